The summed E-state index contributed by atoms with van der Waals surface area (Å²) in [5.41, 5.74) is 2.49. The van der Waals surface area contributed by atoms with Crippen molar-refractivity contribution in [2.24, 2.45) is 0 Å². The van der Waals surface area contributed by atoms with Gasteiger partial charge in [-0.3, -0.25) is 0 Å². The van der Waals surface area contributed by atoms with Gasteiger partial charge in [-0.25, -0.2) is 18.1 Å². The maximum absolute atomic E-state index is 12.0. The molecule has 0 radical (unpaired) electrons. The van der Waals surface area contributed by atoms with Crippen LogP contribution in [0.5, 0.6) is 0 Å². The molecule has 2 aromatic carbocycles. The van der Waals surface area contributed by atoms with Crippen LogP contribution in [-0.2, 0) is 22.3 Å². The lowest BCUT2D eigenvalue weighted by Gasteiger charge is -2.05. The predicted molar refractivity (Wildman–Crippen MR) is 82.0 cm³/mol. The first-order valence-electron chi connectivity index (χ1n) is 6.57. The molecule has 0 fully saturated rings. The van der Waals surface area contributed by atoms with Gasteiger partial charge in [-0.05, 0) is 17.7 Å². The molecule has 21 heavy (non-hydrogen) atoms. The van der Waals surface area contributed by atoms with Gasteiger partial charge in [-0.15, -0.1) is 0 Å². The van der Waals surface area contributed by atoms with E-state index in [4.69, 9.17) is 0 Å². The number of imidazole rings is 1. The van der Waals surface area contributed by atoms with E-state index in [1.165, 1.54) is 0 Å². The van der Waals surface area contributed by atoms with Crippen molar-refractivity contribution in [3.63, 3.8) is 0 Å². The van der Waals surface area contributed by atoms with Crippen LogP contribution in [0.3, 0.4) is 0 Å². The lowest BCUT2D eigenvalue weighted by Crippen LogP contribution is -2.25. The van der Waals surface area contributed by atoms with E-state index < -0.39 is 10.0 Å². The van der Waals surface area contributed by atoms with Crippen LogP contribution in [0, 0.1) is 0 Å². The highest BCUT2D eigenvalue weighted by Gasteiger charge is 2.12. The zero-order chi connectivity index (χ0) is 14.7. The van der Waals surface area contributed by atoms with E-state index in [0.717, 1.165) is 16.6 Å². The zero-order valence-corrected chi connectivity index (χ0v) is 12.1. The summed E-state index contributed by atoms with van der Waals surface area (Å²) in [5.74, 6) is 0.571. The van der Waals surface area contributed by atoms with Crippen molar-refractivity contribution in [3.05, 3.63) is 66.0 Å². The SMILES string of the molecule is O=S(=O)(Cc1ccccc1)NCc1nc2ccccc2[nH]1. The van der Waals surface area contributed by atoms with Crippen LogP contribution < -0.4 is 4.72 Å². The molecular formula is C15H15N3O2S. The quantitative estimate of drug-likeness (QED) is 0.758. The molecule has 2 N–H and O–H groups in total. The van der Waals surface area contributed by atoms with Gasteiger partial charge in [0.2, 0.25) is 10.0 Å². The van der Waals surface area contributed by atoms with Crippen molar-refractivity contribution >= 4 is 21.1 Å². The second-order valence-corrected chi connectivity index (χ2v) is 6.57. The van der Waals surface area contributed by atoms with Crippen molar-refractivity contribution in [2.45, 2.75) is 12.3 Å². The number of benzene rings is 2. The first-order valence-corrected chi connectivity index (χ1v) is 8.22. The minimum atomic E-state index is -3.38. The molecule has 0 aliphatic rings. The number of aromatic nitrogens is 2. The summed E-state index contributed by atoms with van der Waals surface area (Å²) < 4.78 is 26.6. The zero-order valence-electron chi connectivity index (χ0n) is 11.3. The van der Waals surface area contributed by atoms with Gasteiger partial charge in [0.1, 0.15) is 5.82 Å². The number of nitrogens with zero attached hydrogens (tertiary/aromatic N) is 1. The monoisotopic (exact) mass is 301 g/mol. The van der Waals surface area contributed by atoms with Crippen LogP contribution in [0.1, 0.15) is 11.4 Å². The number of fused-ring (bicyclic) bond motifs is 1. The third-order valence-electron chi connectivity index (χ3n) is 3.10. The van der Waals surface area contributed by atoms with Gasteiger partial charge in [0.15, 0.2) is 0 Å². The summed E-state index contributed by atoms with van der Waals surface area (Å²) in [5, 5.41) is 0. The van der Waals surface area contributed by atoms with Crippen LogP contribution in [0.25, 0.3) is 11.0 Å². The Balaban J connectivity index is 1.68. The van der Waals surface area contributed by atoms with Crippen molar-refractivity contribution < 1.29 is 8.42 Å². The average Bonchev–Trinajstić information content (AvgIpc) is 2.89. The summed E-state index contributed by atoms with van der Waals surface area (Å²) in [6, 6.07) is 16.7. The third kappa shape index (κ3) is 3.48. The lowest BCUT2D eigenvalue weighted by molar-refractivity contribution is 0.579. The molecule has 0 amide bonds. The fraction of sp³-hybridized carbons (Fsp3) is 0.133. The Morgan fingerprint density at radius 1 is 1.00 bits per heavy atom. The van der Waals surface area contributed by atoms with E-state index in [2.05, 4.69) is 14.7 Å². The van der Waals surface area contributed by atoms with Gasteiger partial charge in [-0.1, -0.05) is 42.5 Å². The summed E-state index contributed by atoms with van der Waals surface area (Å²) in [4.78, 5) is 7.43. The second kappa shape index (κ2) is 5.67. The van der Waals surface area contributed by atoms with Crippen LogP contribution in [0.2, 0.25) is 0 Å². The van der Waals surface area contributed by atoms with Gasteiger partial charge in [0.05, 0.1) is 23.3 Å². The van der Waals surface area contributed by atoms with Crippen LogP contribution >= 0.6 is 0 Å². The molecule has 6 heteroatoms. The first kappa shape index (κ1) is 13.8. The minimum Gasteiger partial charge on any atom is -0.341 e. The molecule has 3 rings (SSSR count). The van der Waals surface area contributed by atoms with E-state index >= 15 is 0 Å². The Kier molecular flexibility index (Phi) is 3.72. The maximum atomic E-state index is 12.0. The molecule has 1 heterocycles. The fourth-order valence-corrected chi connectivity index (χ4v) is 3.20. The first-order chi connectivity index (χ1) is 10.1. The number of para-hydroxylation sites is 2. The fourth-order valence-electron chi connectivity index (χ4n) is 2.11. The largest absolute Gasteiger partial charge is 0.341 e. The normalized spacial score (nSPS) is 11.8. The molecule has 3 aromatic rings. The third-order valence-corrected chi connectivity index (χ3v) is 4.39. The molecule has 0 saturated heterocycles. The van der Waals surface area contributed by atoms with Crippen LogP contribution in [0.4, 0.5) is 0 Å². The standard InChI is InChI=1S/C15H15N3O2S/c19-21(20,11-12-6-2-1-3-7-12)16-10-15-17-13-8-4-5-9-14(13)18-15/h1-9,16H,10-11H2,(H,17,18). The summed E-state index contributed by atoms with van der Waals surface area (Å²) in [6.45, 7) is 0.157. The molecule has 0 saturated carbocycles. The Morgan fingerprint density at radius 2 is 1.71 bits per heavy atom. The maximum Gasteiger partial charge on any atom is 0.216 e. The Bertz CT molecular complexity index is 808. The van der Waals surface area contributed by atoms with Crippen molar-refractivity contribution in [1.29, 1.82) is 0 Å². The molecule has 108 valence electrons. The number of rotatable bonds is 5. The molecule has 0 unspecified atom stereocenters. The second-order valence-electron chi connectivity index (χ2n) is 4.77. The van der Waals surface area contributed by atoms with Crippen LogP contribution in [0.15, 0.2) is 54.6 Å². The highest BCUT2D eigenvalue weighted by Crippen LogP contribution is 2.10. The summed E-state index contributed by atoms with van der Waals surface area (Å²) in [7, 11) is -3.38. The number of H-pyrrole nitrogens is 1. The average molecular weight is 301 g/mol. The van der Waals surface area contributed by atoms with Crippen molar-refractivity contribution in [3.8, 4) is 0 Å². The van der Waals surface area contributed by atoms with Gasteiger partial charge >= 0.3 is 0 Å². The number of nitrogens with one attached hydrogen (secondary N) is 2. The molecule has 0 atom stereocenters. The van der Waals surface area contributed by atoms with Gasteiger partial charge in [0.25, 0.3) is 0 Å². The Labute approximate surface area is 123 Å². The highest BCUT2D eigenvalue weighted by atomic mass is 32.2. The molecule has 5 nitrogen and oxygen atoms in total. The molecule has 0 aliphatic carbocycles. The number of aromatic amines is 1. The van der Waals surface area contributed by atoms with E-state index in [1.807, 2.05) is 42.5 Å². The number of hydrogen-bond donors (Lipinski definition) is 2. The molecule has 0 aliphatic heterocycles. The number of hydrogen-bond acceptors (Lipinski definition) is 3. The summed E-state index contributed by atoms with van der Waals surface area (Å²) >= 11 is 0. The molecule has 1 aromatic heterocycles. The minimum absolute atomic E-state index is 0.0337. The highest BCUT2D eigenvalue weighted by molar-refractivity contribution is 7.88. The van der Waals surface area contributed by atoms with E-state index in [0.29, 0.717) is 5.82 Å². The Hall–Kier alpha value is -2.18. The van der Waals surface area contributed by atoms with Gasteiger partial charge in [-0.2, -0.15) is 0 Å². The predicted octanol–water partition coefficient (Wildman–Crippen LogP) is 2.18. The van der Waals surface area contributed by atoms with Crippen LogP contribution in [-0.4, -0.2) is 18.4 Å². The number of sulfonamides is 1. The van der Waals surface area contributed by atoms with Gasteiger partial charge < -0.3 is 4.98 Å². The van der Waals surface area contributed by atoms with E-state index in [1.54, 1.807) is 12.1 Å². The van der Waals surface area contributed by atoms with Gasteiger partial charge in [0, 0.05) is 0 Å². The van der Waals surface area contributed by atoms with Crippen molar-refractivity contribution in [2.75, 3.05) is 0 Å². The topological polar surface area (TPSA) is 74.8 Å². The van der Waals surface area contributed by atoms with E-state index in [9.17, 15) is 8.42 Å². The van der Waals surface area contributed by atoms with E-state index in [-0.39, 0.29) is 12.3 Å². The lowest BCUT2D eigenvalue weighted by atomic mass is 10.2. The Morgan fingerprint density at radius 3 is 2.48 bits per heavy atom. The molecule has 0 spiro atoms. The van der Waals surface area contributed by atoms with Crippen molar-refractivity contribution in [1.82, 2.24) is 14.7 Å². The molecule has 0 bridgehead atoms. The summed E-state index contributed by atoms with van der Waals surface area (Å²) in [6.07, 6.45) is 0. The molecular weight excluding hydrogens is 286 g/mol. The smallest absolute Gasteiger partial charge is 0.216 e.